The molecule has 0 amide bonds. The Hall–Kier alpha value is -4.54. The topological polar surface area (TPSA) is 65.7 Å². The normalized spacial score (nSPS) is 11.3. The minimum Gasteiger partial charge on any atom is -0.454 e. The molecule has 0 fully saturated rings. The molecule has 0 spiro atoms. The highest BCUT2D eigenvalue weighted by Crippen LogP contribution is 2.38. The molecule has 4 nitrogen and oxygen atoms in total. The lowest BCUT2D eigenvalue weighted by Crippen LogP contribution is -1.94. The maximum Gasteiger partial charge on any atom is 0.159 e. The number of rotatable bonds is 1. The van der Waals surface area contributed by atoms with E-state index in [1.165, 1.54) is 0 Å². The molecule has 0 aliphatic carbocycles. The lowest BCUT2D eigenvalue weighted by atomic mass is 10.1. The molecule has 6 rings (SSSR count). The van der Waals surface area contributed by atoms with E-state index in [9.17, 15) is 10.5 Å². The average molecular weight is 383 g/mol. The molecule has 30 heavy (non-hydrogen) atoms. The van der Waals surface area contributed by atoms with Gasteiger partial charge in [0.05, 0.1) is 40.0 Å². The molecule has 4 heteroatoms. The molecule has 0 N–H and O–H groups in total. The largest absolute Gasteiger partial charge is 0.454 e. The Kier molecular flexibility index (Phi) is 3.27. The van der Waals surface area contributed by atoms with Crippen LogP contribution in [0.25, 0.3) is 49.4 Å². The number of furan rings is 1. The minimum absolute atomic E-state index is 0.589. The van der Waals surface area contributed by atoms with Crippen LogP contribution in [0.4, 0.5) is 0 Å². The van der Waals surface area contributed by atoms with Gasteiger partial charge in [0.15, 0.2) is 5.58 Å². The third-order valence-corrected chi connectivity index (χ3v) is 5.65. The predicted molar refractivity (Wildman–Crippen MR) is 117 cm³/mol. The van der Waals surface area contributed by atoms with Crippen LogP contribution in [0.1, 0.15) is 11.1 Å². The Labute approximate surface area is 171 Å². The minimum atomic E-state index is 0.589. The maximum atomic E-state index is 9.39. The van der Waals surface area contributed by atoms with Crippen molar-refractivity contribution >= 4 is 43.7 Å². The van der Waals surface area contributed by atoms with Crippen molar-refractivity contribution in [2.24, 2.45) is 0 Å². The summed E-state index contributed by atoms with van der Waals surface area (Å²) in [5, 5.41) is 22.8. The molecule has 0 atom stereocenters. The lowest BCUT2D eigenvalue weighted by Gasteiger charge is -2.08. The summed E-state index contributed by atoms with van der Waals surface area (Å²) in [5.41, 5.74) is 5.69. The van der Waals surface area contributed by atoms with E-state index < -0.39 is 0 Å². The fourth-order valence-corrected chi connectivity index (χ4v) is 4.33. The summed E-state index contributed by atoms with van der Waals surface area (Å²) < 4.78 is 8.42. The maximum absolute atomic E-state index is 9.39. The zero-order valence-corrected chi connectivity index (χ0v) is 15.8. The smallest absolute Gasteiger partial charge is 0.159 e. The second kappa shape index (κ2) is 5.98. The second-order valence-corrected chi connectivity index (χ2v) is 7.27. The summed E-state index contributed by atoms with van der Waals surface area (Å²) in [6.45, 7) is 0. The number of benzene rings is 4. The van der Waals surface area contributed by atoms with Gasteiger partial charge < -0.3 is 8.98 Å². The van der Waals surface area contributed by atoms with Crippen LogP contribution < -0.4 is 0 Å². The fraction of sp³-hybridized carbons (Fsp3) is 0. The molecule has 6 aromatic rings. The molecule has 0 saturated carbocycles. The second-order valence-electron chi connectivity index (χ2n) is 7.27. The molecule has 0 radical (unpaired) electrons. The van der Waals surface area contributed by atoms with E-state index in [1.807, 2.05) is 66.7 Å². The lowest BCUT2D eigenvalue weighted by molar-refractivity contribution is 0.666. The monoisotopic (exact) mass is 383 g/mol. The Bertz CT molecular complexity index is 1650. The average Bonchev–Trinajstić information content (AvgIpc) is 3.34. The highest BCUT2D eigenvalue weighted by Gasteiger charge is 2.18. The van der Waals surface area contributed by atoms with E-state index in [4.69, 9.17) is 4.42 Å². The standard InChI is InChI=1S/C26H13N3O/c27-14-16-8-10-22-20(12-16)21-13-17(15-28)9-11-23(21)29(22)24-6-3-5-19-18-4-1-2-7-25(18)30-26(19)24/h1-13H. The Morgan fingerprint density at radius 1 is 0.633 bits per heavy atom. The Morgan fingerprint density at radius 3 is 1.93 bits per heavy atom. The molecule has 4 aromatic carbocycles. The van der Waals surface area contributed by atoms with Gasteiger partial charge in [0.1, 0.15) is 5.58 Å². The van der Waals surface area contributed by atoms with Gasteiger partial charge in [-0.3, -0.25) is 0 Å². The van der Waals surface area contributed by atoms with Crippen LogP contribution in [0, 0.1) is 22.7 Å². The Balaban J connectivity index is 1.81. The molecule has 2 aromatic heterocycles. The molecule has 2 heterocycles. The van der Waals surface area contributed by atoms with Gasteiger partial charge in [0.2, 0.25) is 0 Å². The number of aromatic nitrogens is 1. The van der Waals surface area contributed by atoms with E-state index in [0.717, 1.165) is 49.4 Å². The summed E-state index contributed by atoms with van der Waals surface area (Å²) in [6, 6.07) is 29.9. The highest BCUT2D eigenvalue weighted by molar-refractivity contribution is 6.13. The molecular formula is C26H13N3O. The summed E-state index contributed by atoms with van der Waals surface area (Å²) in [6.07, 6.45) is 0. The summed E-state index contributed by atoms with van der Waals surface area (Å²) in [7, 11) is 0. The van der Waals surface area contributed by atoms with Gasteiger partial charge in [-0.25, -0.2) is 0 Å². The van der Waals surface area contributed by atoms with Gasteiger partial charge in [-0.15, -0.1) is 0 Å². The van der Waals surface area contributed by atoms with E-state index in [0.29, 0.717) is 11.1 Å². The molecule has 0 saturated heterocycles. The first-order valence-electron chi connectivity index (χ1n) is 9.57. The first kappa shape index (κ1) is 16.4. The molecular weight excluding hydrogens is 370 g/mol. The van der Waals surface area contributed by atoms with Gasteiger partial charge in [0, 0.05) is 21.5 Å². The van der Waals surface area contributed by atoms with Crippen molar-refractivity contribution in [3.05, 3.63) is 90.0 Å². The van der Waals surface area contributed by atoms with Crippen molar-refractivity contribution < 1.29 is 4.42 Å². The summed E-state index contributed by atoms with van der Waals surface area (Å²) in [4.78, 5) is 0. The van der Waals surface area contributed by atoms with Crippen molar-refractivity contribution in [2.45, 2.75) is 0 Å². The molecule has 0 aliphatic rings. The quantitative estimate of drug-likeness (QED) is 0.329. The number of hydrogen-bond donors (Lipinski definition) is 0. The van der Waals surface area contributed by atoms with Gasteiger partial charge >= 0.3 is 0 Å². The van der Waals surface area contributed by atoms with Crippen LogP contribution in [0.15, 0.2) is 83.3 Å². The Morgan fingerprint density at radius 2 is 1.27 bits per heavy atom. The van der Waals surface area contributed by atoms with Crippen LogP contribution in [-0.4, -0.2) is 4.57 Å². The number of nitrogens with zero attached hydrogens (tertiary/aromatic N) is 3. The van der Waals surface area contributed by atoms with Crippen LogP contribution in [-0.2, 0) is 0 Å². The number of para-hydroxylation sites is 2. The predicted octanol–water partition coefficient (Wildman–Crippen LogP) is 6.43. The van der Waals surface area contributed by atoms with Crippen molar-refractivity contribution in [1.29, 1.82) is 10.5 Å². The zero-order valence-electron chi connectivity index (χ0n) is 15.8. The number of fused-ring (bicyclic) bond motifs is 6. The fourth-order valence-electron chi connectivity index (χ4n) is 4.33. The molecule has 0 aliphatic heterocycles. The third kappa shape index (κ3) is 2.13. The molecule has 0 unspecified atom stereocenters. The highest BCUT2D eigenvalue weighted by atomic mass is 16.3. The van der Waals surface area contributed by atoms with Crippen LogP contribution in [0.2, 0.25) is 0 Å². The van der Waals surface area contributed by atoms with Gasteiger partial charge in [0.25, 0.3) is 0 Å². The van der Waals surface area contributed by atoms with E-state index in [1.54, 1.807) is 0 Å². The van der Waals surface area contributed by atoms with Crippen molar-refractivity contribution in [1.82, 2.24) is 4.57 Å². The van der Waals surface area contributed by atoms with Crippen molar-refractivity contribution in [3.8, 4) is 17.8 Å². The first-order valence-corrected chi connectivity index (χ1v) is 9.57. The summed E-state index contributed by atoms with van der Waals surface area (Å²) in [5.74, 6) is 0. The van der Waals surface area contributed by atoms with Gasteiger partial charge in [-0.05, 0) is 48.5 Å². The van der Waals surface area contributed by atoms with Crippen LogP contribution in [0.5, 0.6) is 0 Å². The van der Waals surface area contributed by atoms with Crippen molar-refractivity contribution in [3.63, 3.8) is 0 Å². The van der Waals surface area contributed by atoms with Gasteiger partial charge in [-0.1, -0.05) is 30.3 Å². The zero-order chi connectivity index (χ0) is 20.2. The first-order chi connectivity index (χ1) is 14.8. The number of hydrogen-bond acceptors (Lipinski definition) is 3. The molecule has 0 bridgehead atoms. The van der Waals surface area contributed by atoms with Crippen LogP contribution >= 0.6 is 0 Å². The molecule has 138 valence electrons. The summed E-state index contributed by atoms with van der Waals surface area (Å²) >= 11 is 0. The number of nitriles is 2. The SMILES string of the molecule is N#Cc1ccc2c(c1)c1cc(C#N)ccc1n2-c1cccc2c1oc1ccccc12. The van der Waals surface area contributed by atoms with E-state index >= 15 is 0 Å². The van der Waals surface area contributed by atoms with Crippen molar-refractivity contribution in [2.75, 3.05) is 0 Å². The third-order valence-electron chi connectivity index (χ3n) is 5.65. The van der Waals surface area contributed by atoms with Crippen LogP contribution in [0.3, 0.4) is 0 Å². The van der Waals surface area contributed by atoms with E-state index in [-0.39, 0.29) is 0 Å². The van der Waals surface area contributed by atoms with Gasteiger partial charge in [-0.2, -0.15) is 10.5 Å². The van der Waals surface area contributed by atoms with E-state index in [2.05, 4.69) is 28.8 Å².